The van der Waals surface area contributed by atoms with Gasteiger partial charge in [-0.2, -0.15) is 0 Å². The van der Waals surface area contributed by atoms with Gasteiger partial charge >= 0.3 is 11.9 Å². The number of carbonyl (C=O) groups excluding carboxylic acids is 3. The molecule has 31 heavy (non-hydrogen) atoms. The van der Waals surface area contributed by atoms with Crippen molar-refractivity contribution in [1.29, 1.82) is 0 Å². The fraction of sp³-hybridized carbons (Fsp3) is 0.760. The molecule has 3 fully saturated rings. The summed E-state index contributed by atoms with van der Waals surface area (Å²) >= 11 is 0. The van der Waals surface area contributed by atoms with Crippen LogP contribution in [0.5, 0.6) is 0 Å². The summed E-state index contributed by atoms with van der Waals surface area (Å²) in [4.78, 5) is 48.1. The number of aliphatic carboxylic acids is 1. The Balaban J connectivity index is 1.70. The zero-order valence-electron chi connectivity index (χ0n) is 18.8. The Labute approximate surface area is 183 Å². The van der Waals surface area contributed by atoms with Crippen LogP contribution in [0.2, 0.25) is 0 Å². The van der Waals surface area contributed by atoms with Gasteiger partial charge in [-0.3, -0.25) is 19.2 Å². The molecule has 6 heteroatoms. The smallest absolute Gasteiger partial charge is 0.306 e. The van der Waals surface area contributed by atoms with Crippen LogP contribution in [0.25, 0.3) is 0 Å². The first-order valence-electron chi connectivity index (χ1n) is 11.7. The maximum Gasteiger partial charge on any atom is 0.306 e. The van der Waals surface area contributed by atoms with E-state index in [4.69, 9.17) is 9.84 Å². The second kappa shape index (κ2) is 7.86. The van der Waals surface area contributed by atoms with E-state index in [1.165, 1.54) is 5.57 Å². The molecule has 170 valence electrons. The molecule has 0 radical (unpaired) electrons. The first kappa shape index (κ1) is 22.2. The Bertz CT molecular complexity index is 843. The molecule has 0 unspecified atom stereocenters. The van der Waals surface area contributed by atoms with E-state index in [0.29, 0.717) is 24.7 Å². The predicted octanol–water partition coefficient (Wildman–Crippen LogP) is 4.11. The Morgan fingerprint density at radius 3 is 2.55 bits per heavy atom. The number of ketones is 2. The zero-order chi connectivity index (χ0) is 22.6. The number of esters is 1. The lowest BCUT2D eigenvalue weighted by atomic mass is 9.46. The average molecular weight is 431 g/mol. The number of rotatable bonds is 5. The molecule has 0 bridgehead atoms. The summed E-state index contributed by atoms with van der Waals surface area (Å²) in [6.45, 7) is 6.09. The van der Waals surface area contributed by atoms with Crippen LogP contribution in [-0.4, -0.2) is 34.7 Å². The standard InChI is InChI=1S/C25H34O6/c1-14(26)18-6-7-19-17-5-4-15-12-16(27)10-11-24(15,2)23(17)20(13-25(18,19)3)31-22(30)9-8-21(28)29/h12,17-20,23H,4-11,13H2,1-3H3,(H,28,29)/t17-,18-,19-,20+,23-,24-,25+/m0/s1. The number of allylic oxidation sites excluding steroid dienone is 1. The van der Waals surface area contributed by atoms with E-state index in [1.807, 2.05) is 6.08 Å². The molecule has 0 spiro atoms. The summed E-state index contributed by atoms with van der Waals surface area (Å²) in [5.41, 5.74) is 0.790. The molecule has 7 atom stereocenters. The quantitative estimate of drug-likeness (QED) is 0.659. The van der Waals surface area contributed by atoms with Crippen molar-refractivity contribution < 1.29 is 29.0 Å². The van der Waals surface area contributed by atoms with Crippen LogP contribution in [0, 0.1) is 34.5 Å². The molecule has 4 aliphatic carbocycles. The number of ether oxygens (including phenoxy) is 1. The van der Waals surface area contributed by atoms with Gasteiger partial charge in [-0.1, -0.05) is 19.4 Å². The van der Waals surface area contributed by atoms with E-state index in [1.54, 1.807) is 6.92 Å². The summed E-state index contributed by atoms with van der Waals surface area (Å²) in [7, 11) is 0. The van der Waals surface area contributed by atoms with Gasteiger partial charge in [-0.05, 0) is 74.2 Å². The van der Waals surface area contributed by atoms with E-state index in [0.717, 1.165) is 32.1 Å². The third-order valence-electron chi connectivity index (χ3n) is 9.19. The van der Waals surface area contributed by atoms with Crippen molar-refractivity contribution in [2.45, 2.75) is 84.7 Å². The van der Waals surface area contributed by atoms with Crippen LogP contribution in [0.4, 0.5) is 0 Å². The van der Waals surface area contributed by atoms with E-state index >= 15 is 0 Å². The van der Waals surface area contributed by atoms with Crippen LogP contribution >= 0.6 is 0 Å². The minimum atomic E-state index is -1.02. The van der Waals surface area contributed by atoms with Gasteiger partial charge in [0.15, 0.2) is 5.78 Å². The lowest BCUT2D eigenvalue weighted by molar-refractivity contribution is -0.178. The molecule has 3 saturated carbocycles. The van der Waals surface area contributed by atoms with Crippen molar-refractivity contribution in [2.24, 2.45) is 34.5 Å². The van der Waals surface area contributed by atoms with Gasteiger partial charge in [0.2, 0.25) is 0 Å². The Morgan fingerprint density at radius 1 is 1.13 bits per heavy atom. The second-order valence-corrected chi connectivity index (χ2v) is 10.8. The van der Waals surface area contributed by atoms with Gasteiger partial charge in [0.05, 0.1) is 12.8 Å². The van der Waals surface area contributed by atoms with Crippen LogP contribution in [0.1, 0.15) is 78.6 Å². The number of carboxylic acids is 1. The largest absolute Gasteiger partial charge is 0.481 e. The highest BCUT2D eigenvalue weighted by atomic mass is 16.5. The molecule has 0 heterocycles. The highest BCUT2D eigenvalue weighted by Crippen LogP contribution is 2.67. The Kier molecular flexibility index (Phi) is 5.63. The van der Waals surface area contributed by atoms with E-state index in [2.05, 4.69) is 13.8 Å². The van der Waals surface area contributed by atoms with Crippen molar-refractivity contribution >= 4 is 23.5 Å². The summed E-state index contributed by atoms with van der Waals surface area (Å²) < 4.78 is 6.03. The SMILES string of the molecule is CC(=O)[C@@H]1CC[C@H]2[C@@H]3CCC4=CC(=O)CC[C@]4(C)[C@@H]3[C@H](OC(=O)CCC(=O)O)C[C@]12C. The van der Waals surface area contributed by atoms with Gasteiger partial charge in [-0.25, -0.2) is 0 Å². The number of fused-ring (bicyclic) bond motifs is 5. The van der Waals surface area contributed by atoms with Crippen molar-refractivity contribution in [3.8, 4) is 0 Å². The first-order chi connectivity index (χ1) is 14.6. The summed E-state index contributed by atoms with van der Waals surface area (Å²) in [6, 6.07) is 0. The summed E-state index contributed by atoms with van der Waals surface area (Å²) in [5.74, 6) is -0.248. The molecule has 4 rings (SSSR count). The van der Waals surface area contributed by atoms with E-state index in [-0.39, 0.29) is 53.2 Å². The summed E-state index contributed by atoms with van der Waals surface area (Å²) in [5, 5.41) is 8.95. The molecule has 1 N–H and O–H groups in total. The molecule has 4 aliphatic rings. The van der Waals surface area contributed by atoms with Gasteiger partial charge in [0.25, 0.3) is 0 Å². The van der Waals surface area contributed by atoms with Crippen molar-refractivity contribution in [3.63, 3.8) is 0 Å². The highest BCUT2D eigenvalue weighted by Gasteiger charge is 2.63. The van der Waals surface area contributed by atoms with Gasteiger partial charge in [-0.15, -0.1) is 0 Å². The normalized spacial score (nSPS) is 41.5. The van der Waals surface area contributed by atoms with Gasteiger partial charge < -0.3 is 9.84 Å². The first-order valence-corrected chi connectivity index (χ1v) is 11.7. The minimum Gasteiger partial charge on any atom is -0.481 e. The molecule has 0 amide bonds. The highest BCUT2D eigenvalue weighted by molar-refractivity contribution is 5.91. The number of Topliss-reactive ketones (excluding diaryl/α,β-unsaturated/α-hetero) is 1. The third kappa shape index (κ3) is 3.66. The summed E-state index contributed by atoms with van der Waals surface area (Å²) in [6.07, 6.45) is 6.75. The molecule has 6 nitrogen and oxygen atoms in total. The number of hydrogen-bond acceptors (Lipinski definition) is 5. The topological polar surface area (TPSA) is 97.7 Å². The molecular weight excluding hydrogens is 396 g/mol. The van der Waals surface area contributed by atoms with Gasteiger partial charge in [0, 0.05) is 18.3 Å². The monoisotopic (exact) mass is 430 g/mol. The van der Waals surface area contributed by atoms with Crippen molar-refractivity contribution in [3.05, 3.63) is 11.6 Å². The fourth-order valence-corrected chi connectivity index (χ4v) is 7.87. The van der Waals surface area contributed by atoms with E-state index in [9.17, 15) is 19.2 Å². The lowest BCUT2D eigenvalue weighted by Crippen LogP contribution is -2.58. The maximum absolute atomic E-state index is 12.6. The minimum absolute atomic E-state index is 0.0173. The van der Waals surface area contributed by atoms with Gasteiger partial charge in [0.1, 0.15) is 11.9 Å². The molecule has 0 aliphatic heterocycles. The van der Waals surface area contributed by atoms with Crippen LogP contribution in [0.15, 0.2) is 11.6 Å². The van der Waals surface area contributed by atoms with Crippen molar-refractivity contribution in [1.82, 2.24) is 0 Å². The fourth-order valence-electron chi connectivity index (χ4n) is 7.87. The maximum atomic E-state index is 12.6. The third-order valence-corrected chi connectivity index (χ3v) is 9.19. The zero-order valence-corrected chi connectivity index (χ0v) is 18.8. The Hall–Kier alpha value is -1.98. The number of hydrogen-bond donors (Lipinski definition) is 1. The second-order valence-electron chi connectivity index (χ2n) is 10.8. The lowest BCUT2D eigenvalue weighted by Gasteiger charge is -2.60. The molecule has 0 aromatic heterocycles. The Morgan fingerprint density at radius 2 is 1.87 bits per heavy atom. The van der Waals surface area contributed by atoms with Crippen molar-refractivity contribution in [2.75, 3.05) is 0 Å². The average Bonchev–Trinajstić information content (AvgIpc) is 3.03. The molecule has 0 aromatic carbocycles. The van der Waals surface area contributed by atoms with Crippen LogP contribution in [0.3, 0.4) is 0 Å². The predicted molar refractivity (Wildman–Crippen MR) is 113 cm³/mol. The number of carboxylic acid groups (broad SMARTS) is 1. The van der Waals surface area contributed by atoms with Crippen LogP contribution < -0.4 is 0 Å². The molecule has 0 aromatic rings. The number of carbonyl (C=O) groups is 4. The van der Waals surface area contributed by atoms with Crippen LogP contribution in [-0.2, 0) is 23.9 Å². The van der Waals surface area contributed by atoms with E-state index < -0.39 is 11.9 Å². The molecular formula is C25H34O6. The molecule has 0 saturated heterocycles.